The van der Waals surface area contributed by atoms with E-state index in [9.17, 15) is 18.3 Å². The van der Waals surface area contributed by atoms with E-state index in [1.807, 2.05) is 29.8 Å². The van der Waals surface area contributed by atoms with Gasteiger partial charge in [0.2, 0.25) is 10.0 Å². The van der Waals surface area contributed by atoms with Gasteiger partial charge in [-0.1, -0.05) is 12.1 Å². The van der Waals surface area contributed by atoms with E-state index in [1.54, 1.807) is 15.6 Å². The fourth-order valence-electron chi connectivity index (χ4n) is 5.55. The summed E-state index contributed by atoms with van der Waals surface area (Å²) in [4.78, 5) is 15.5. The first-order chi connectivity index (χ1) is 17.3. The number of thiophene rings is 1. The highest BCUT2D eigenvalue weighted by atomic mass is 32.2. The Morgan fingerprint density at radius 3 is 2.50 bits per heavy atom. The SMILES string of the molecule is NC(=O)n1cc(C2CCN(S(=O)(=O)CCCN3CCC(O)CC3)CC2)c2cc(-c3cccs3)ccc21. The van der Waals surface area contributed by atoms with Gasteiger partial charge in [0.1, 0.15) is 0 Å². The molecule has 1 amide bonds. The highest BCUT2D eigenvalue weighted by Crippen LogP contribution is 2.37. The van der Waals surface area contributed by atoms with E-state index >= 15 is 0 Å². The number of fused-ring (bicyclic) bond motifs is 1. The lowest BCUT2D eigenvalue weighted by atomic mass is 9.89. The van der Waals surface area contributed by atoms with Crippen molar-refractivity contribution in [3.8, 4) is 10.4 Å². The molecule has 5 rings (SSSR count). The van der Waals surface area contributed by atoms with E-state index < -0.39 is 16.1 Å². The number of aliphatic hydroxyl groups is 1. The number of rotatable bonds is 7. The molecule has 10 heteroatoms. The second kappa shape index (κ2) is 10.6. The molecule has 0 radical (unpaired) electrons. The van der Waals surface area contributed by atoms with Crippen LogP contribution in [0.1, 0.15) is 43.6 Å². The number of amides is 1. The number of aliphatic hydroxyl groups excluding tert-OH is 1. The number of nitrogens with two attached hydrogens (primary N) is 1. The molecule has 3 aromatic rings. The summed E-state index contributed by atoms with van der Waals surface area (Å²) in [7, 11) is -3.31. The number of hydrogen-bond acceptors (Lipinski definition) is 6. The van der Waals surface area contributed by atoms with Crippen LogP contribution in [0.2, 0.25) is 0 Å². The minimum absolute atomic E-state index is 0.155. The predicted octanol–water partition coefficient (Wildman–Crippen LogP) is 3.65. The topological polar surface area (TPSA) is 109 Å². The number of benzene rings is 1. The highest BCUT2D eigenvalue weighted by Gasteiger charge is 2.30. The van der Waals surface area contributed by atoms with Crippen molar-refractivity contribution in [2.24, 2.45) is 5.73 Å². The normalized spacial score (nSPS) is 19.2. The Morgan fingerprint density at radius 1 is 1.08 bits per heavy atom. The Hall–Kier alpha value is -2.24. The van der Waals surface area contributed by atoms with Crippen LogP contribution in [0, 0.1) is 0 Å². The largest absolute Gasteiger partial charge is 0.393 e. The minimum atomic E-state index is -3.31. The standard InChI is InChI=1S/C26H34N4O4S2/c27-26(32)30-18-23(22-17-20(4-5-24(22)30)25-3-1-15-35-25)19-6-13-29(14-7-19)36(33,34)16-2-10-28-11-8-21(31)9-12-28/h1,3-5,15,17-19,21,31H,2,6-14,16H2,(H2,27,32). The van der Waals surface area contributed by atoms with Crippen LogP contribution in [0.4, 0.5) is 4.79 Å². The summed E-state index contributed by atoms with van der Waals surface area (Å²) in [6, 6.07) is 9.67. The van der Waals surface area contributed by atoms with E-state index in [-0.39, 0.29) is 17.8 Å². The molecule has 0 bridgehead atoms. The third-order valence-corrected chi connectivity index (χ3v) is 10.5. The Bertz CT molecular complexity index is 1300. The third kappa shape index (κ3) is 5.38. The van der Waals surface area contributed by atoms with Crippen molar-refractivity contribution in [2.75, 3.05) is 38.5 Å². The van der Waals surface area contributed by atoms with Gasteiger partial charge in [-0.15, -0.1) is 11.3 Å². The van der Waals surface area contributed by atoms with Crippen molar-refractivity contribution in [2.45, 2.75) is 44.1 Å². The molecule has 194 valence electrons. The molecular formula is C26H34N4O4S2. The lowest BCUT2D eigenvalue weighted by Gasteiger charge is -2.32. The molecule has 36 heavy (non-hydrogen) atoms. The molecule has 2 aliphatic rings. The Morgan fingerprint density at radius 2 is 1.83 bits per heavy atom. The quantitative estimate of drug-likeness (QED) is 0.485. The van der Waals surface area contributed by atoms with Gasteiger partial charge in [-0.3, -0.25) is 4.57 Å². The molecule has 2 aliphatic heterocycles. The molecule has 8 nitrogen and oxygen atoms in total. The average Bonchev–Trinajstić information content (AvgIpc) is 3.53. The van der Waals surface area contributed by atoms with E-state index in [2.05, 4.69) is 17.0 Å². The molecular weight excluding hydrogens is 496 g/mol. The van der Waals surface area contributed by atoms with Crippen LogP contribution < -0.4 is 5.73 Å². The van der Waals surface area contributed by atoms with Crippen molar-refractivity contribution >= 4 is 38.3 Å². The van der Waals surface area contributed by atoms with Gasteiger partial charge in [0.25, 0.3) is 0 Å². The fraction of sp³-hybridized carbons (Fsp3) is 0.500. The van der Waals surface area contributed by atoms with Crippen LogP contribution in [0.15, 0.2) is 41.9 Å². The van der Waals surface area contributed by atoms with E-state index in [0.29, 0.717) is 32.4 Å². The first-order valence-electron chi connectivity index (χ1n) is 12.7. The first kappa shape index (κ1) is 25.4. The number of carbonyl (C=O) groups excluding carboxylic acids is 1. The number of sulfonamides is 1. The lowest BCUT2D eigenvalue weighted by molar-refractivity contribution is 0.0827. The van der Waals surface area contributed by atoms with Crippen LogP contribution in [-0.4, -0.2) is 77.9 Å². The third-order valence-electron chi connectivity index (χ3n) is 7.60. The number of hydrogen-bond donors (Lipinski definition) is 2. The maximum Gasteiger partial charge on any atom is 0.323 e. The fourth-order valence-corrected chi connectivity index (χ4v) is 7.79. The maximum atomic E-state index is 13.0. The van der Waals surface area contributed by atoms with Gasteiger partial charge in [0, 0.05) is 42.6 Å². The average molecular weight is 531 g/mol. The highest BCUT2D eigenvalue weighted by molar-refractivity contribution is 7.89. The van der Waals surface area contributed by atoms with Gasteiger partial charge < -0.3 is 15.7 Å². The number of aromatic nitrogens is 1. The summed E-state index contributed by atoms with van der Waals surface area (Å²) in [5, 5.41) is 12.7. The Balaban J connectivity index is 1.26. The molecule has 0 saturated carbocycles. The second-order valence-electron chi connectivity index (χ2n) is 9.92. The molecule has 2 saturated heterocycles. The van der Waals surface area contributed by atoms with Crippen LogP contribution >= 0.6 is 11.3 Å². The molecule has 0 unspecified atom stereocenters. The predicted molar refractivity (Wildman–Crippen MR) is 144 cm³/mol. The zero-order valence-electron chi connectivity index (χ0n) is 20.4. The summed E-state index contributed by atoms with van der Waals surface area (Å²) >= 11 is 1.67. The molecule has 2 fully saturated rings. The molecule has 0 atom stereocenters. The summed E-state index contributed by atoms with van der Waals surface area (Å²) in [6.07, 6.45) is 5.19. The van der Waals surface area contributed by atoms with Gasteiger partial charge in [-0.25, -0.2) is 17.5 Å². The molecule has 4 heterocycles. The second-order valence-corrected chi connectivity index (χ2v) is 13.0. The summed E-state index contributed by atoms with van der Waals surface area (Å²) in [6.45, 7) is 3.38. The number of nitrogens with zero attached hydrogens (tertiary/aromatic N) is 3. The van der Waals surface area contributed by atoms with Crippen molar-refractivity contribution in [3.05, 3.63) is 47.5 Å². The van der Waals surface area contributed by atoms with E-state index in [0.717, 1.165) is 59.4 Å². The molecule has 3 N–H and O–H groups in total. The first-order valence-corrected chi connectivity index (χ1v) is 15.2. The number of likely N-dealkylation sites (tertiary alicyclic amines) is 1. The zero-order valence-corrected chi connectivity index (χ0v) is 22.0. The van der Waals surface area contributed by atoms with Crippen LogP contribution in [0.25, 0.3) is 21.3 Å². The van der Waals surface area contributed by atoms with Crippen molar-refractivity contribution in [1.29, 1.82) is 0 Å². The number of piperidine rings is 2. The Kier molecular flexibility index (Phi) is 7.50. The molecule has 0 aliphatic carbocycles. The molecule has 1 aromatic carbocycles. The van der Waals surface area contributed by atoms with Crippen molar-refractivity contribution < 1.29 is 18.3 Å². The van der Waals surface area contributed by atoms with Gasteiger partial charge in [-0.2, -0.15) is 0 Å². The number of primary amides is 1. The summed E-state index contributed by atoms with van der Waals surface area (Å²) in [5.74, 6) is 0.319. The van der Waals surface area contributed by atoms with Gasteiger partial charge in [-0.05, 0) is 79.3 Å². The Labute approximate surface area is 216 Å². The van der Waals surface area contributed by atoms with E-state index in [4.69, 9.17) is 5.73 Å². The molecule has 0 spiro atoms. The maximum absolute atomic E-state index is 13.0. The van der Waals surface area contributed by atoms with E-state index in [1.165, 1.54) is 4.57 Å². The summed E-state index contributed by atoms with van der Waals surface area (Å²) < 4.78 is 29.2. The van der Waals surface area contributed by atoms with Crippen LogP contribution in [0.5, 0.6) is 0 Å². The zero-order chi connectivity index (χ0) is 25.3. The minimum Gasteiger partial charge on any atom is -0.393 e. The van der Waals surface area contributed by atoms with Gasteiger partial charge >= 0.3 is 6.03 Å². The van der Waals surface area contributed by atoms with Gasteiger partial charge in [0.05, 0.1) is 17.4 Å². The lowest BCUT2D eigenvalue weighted by Crippen LogP contribution is -2.40. The van der Waals surface area contributed by atoms with Crippen molar-refractivity contribution in [3.63, 3.8) is 0 Å². The van der Waals surface area contributed by atoms with Crippen molar-refractivity contribution in [1.82, 2.24) is 13.8 Å². The van der Waals surface area contributed by atoms with Crippen LogP contribution in [-0.2, 0) is 10.0 Å². The number of carbonyl (C=O) groups is 1. The molecule has 2 aromatic heterocycles. The monoisotopic (exact) mass is 530 g/mol. The van der Waals surface area contributed by atoms with Crippen LogP contribution in [0.3, 0.4) is 0 Å². The summed E-state index contributed by atoms with van der Waals surface area (Å²) in [5.41, 5.74) is 8.62. The smallest absolute Gasteiger partial charge is 0.323 e. The van der Waals surface area contributed by atoms with Gasteiger partial charge in [0.15, 0.2) is 0 Å².